The quantitative estimate of drug-likeness (QED) is 0.0216. The highest BCUT2D eigenvalue weighted by atomic mass is 79.9. The number of aryl methyl sites for hydroxylation is 1. The van der Waals surface area contributed by atoms with E-state index < -0.39 is 119 Å². The number of unbranched alkanes of at least 4 members (excludes halogenated alkanes) is 3. The van der Waals surface area contributed by atoms with Gasteiger partial charge >= 0.3 is 24.3 Å². The Morgan fingerprint density at radius 1 is 1.04 bits per heavy atom. The number of allylic oxidation sites excluding steroid dienone is 4. The number of alkyl halides is 4. The molecule has 5 amide bonds. The number of ketones is 3. The Labute approximate surface area is 502 Å². The van der Waals surface area contributed by atoms with E-state index >= 15 is 13.2 Å². The second-order valence-corrected chi connectivity index (χ2v) is 23.9. The summed E-state index contributed by atoms with van der Waals surface area (Å²) in [5.74, 6) is -4.71. The van der Waals surface area contributed by atoms with E-state index in [1.54, 1.807) is 52.8 Å². The molecule has 2 fully saturated rings. The molecule has 18 nitrogen and oxygen atoms in total. The lowest BCUT2D eigenvalue weighted by molar-refractivity contribution is -0.187. The number of amides is 5. The van der Waals surface area contributed by atoms with Crippen LogP contribution in [0.3, 0.4) is 0 Å². The van der Waals surface area contributed by atoms with Gasteiger partial charge in [-0.1, -0.05) is 104 Å². The van der Waals surface area contributed by atoms with Crippen molar-refractivity contribution in [1.29, 1.82) is 0 Å². The first-order valence-corrected chi connectivity index (χ1v) is 29.8. The van der Waals surface area contributed by atoms with Gasteiger partial charge in [-0.15, -0.1) is 0 Å². The van der Waals surface area contributed by atoms with Crippen molar-refractivity contribution in [1.82, 2.24) is 10.6 Å². The summed E-state index contributed by atoms with van der Waals surface area (Å²) in [4.78, 5) is 107. The van der Waals surface area contributed by atoms with Gasteiger partial charge in [-0.25, -0.2) is 9.59 Å². The van der Waals surface area contributed by atoms with E-state index in [9.17, 15) is 43.5 Å². The number of aliphatic hydroxyl groups is 1. The van der Waals surface area contributed by atoms with Crippen LogP contribution in [0.15, 0.2) is 66.3 Å². The molecule has 84 heavy (non-hydrogen) atoms. The van der Waals surface area contributed by atoms with Crippen molar-refractivity contribution in [2.45, 2.75) is 179 Å². The zero-order chi connectivity index (χ0) is 62.4. The lowest BCUT2D eigenvalue weighted by atomic mass is 9.78. The molecule has 0 saturated carbocycles. The van der Waals surface area contributed by atoms with Crippen LogP contribution < -0.4 is 26.6 Å². The van der Waals surface area contributed by atoms with Crippen LogP contribution in [-0.2, 0) is 66.7 Å². The second kappa shape index (κ2) is 30.4. The van der Waals surface area contributed by atoms with Gasteiger partial charge in [0.25, 0.3) is 0 Å². The van der Waals surface area contributed by atoms with E-state index in [0.29, 0.717) is 60.3 Å². The molecule has 462 valence electrons. The van der Waals surface area contributed by atoms with Crippen molar-refractivity contribution >= 4 is 86.2 Å². The Bertz CT molecular complexity index is 2850. The van der Waals surface area contributed by atoms with E-state index in [-0.39, 0.29) is 73.1 Å². The van der Waals surface area contributed by atoms with Crippen LogP contribution in [0.1, 0.15) is 134 Å². The van der Waals surface area contributed by atoms with E-state index in [2.05, 4.69) is 38.5 Å². The molecule has 23 heteroatoms. The van der Waals surface area contributed by atoms with Crippen molar-refractivity contribution in [3.63, 3.8) is 0 Å². The number of nitrogens with one attached hydrogen (secondary N) is 3. The summed E-state index contributed by atoms with van der Waals surface area (Å²) in [6.07, 6.45) is -3.69. The summed E-state index contributed by atoms with van der Waals surface area (Å²) >= 11 is 10.0. The molecule has 0 radical (unpaired) electrons. The number of methoxy groups -OCH3 is 1. The highest BCUT2D eigenvalue weighted by Crippen LogP contribution is 2.50. The van der Waals surface area contributed by atoms with Gasteiger partial charge in [0.15, 0.2) is 11.6 Å². The van der Waals surface area contributed by atoms with Crippen LogP contribution in [0.4, 0.5) is 34.1 Å². The number of primary amides is 1. The SMILES string of the molecule is C=C(CBr)C(=O)CCCCCCC(=O)C[C@H](C(=O)N[C@@H](CCCNC(N)=O)C(=O)Cc1ccc(NC(=O)O[C@H]2CC(=O)N(C)c3cc(cc(C)c3Cl)C/C(C)=C/C=C/[C@@H](OC)[C@]3(O)CC(=O)O[C@@H](C3)[C@@H](C)[C@@H]3O[C@@]23C)c(C(F)(F)F)c1)C(C)C. The lowest BCUT2D eigenvalue weighted by Gasteiger charge is -2.41. The number of urea groups is 1. The molecular weight excluding hydrogens is 1180 g/mol. The number of anilines is 2. The van der Waals surface area contributed by atoms with Gasteiger partial charge in [0, 0.05) is 70.0 Å². The number of nitrogens with two attached hydrogens (primary N) is 1. The Morgan fingerprint density at radius 2 is 1.73 bits per heavy atom. The molecule has 3 aliphatic rings. The smallest absolute Gasteiger partial charge is 0.418 e. The summed E-state index contributed by atoms with van der Waals surface area (Å²) in [6, 6.07) is 4.34. The Balaban J connectivity index is 1.37. The molecule has 2 saturated heterocycles. The topological polar surface area (TPSA) is 262 Å². The third kappa shape index (κ3) is 19.0. The van der Waals surface area contributed by atoms with Crippen molar-refractivity contribution in [3.05, 3.63) is 93.6 Å². The maximum absolute atomic E-state index is 15.1. The molecule has 9 atom stereocenters. The lowest BCUT2D eigenvalue weighted by Crippen LogP contribution is -2.53. The number of nitrogens with zero attached hydrogens (tertiary/aromatic N) is 1. The van der Waals surface area contributed by atoms with Crippen LogP contribution in [0, 0.1) is 24.7 Å². The van der Waals surface area contributed by atoms with E-state index in [1.165, 1.54) is 25.1 Å². The first-order valence-electron chi connectivity index (χ1n) is 28.3. The fraction of sp³-hybridized carbons (Fsp3) is 0.574. The number of esters is 1. The maximum Gasteiger partial charge on any atom is 0.418 e. The number of Topliss-reactive ketones (excluding diaryl/α,β-unsaturated/α-hetero) is 3. The van der Waals surface area contributed by atoms with Crippen molar-refractivity contribution in [2.24, 2.45) is 23.5 Å². The van der Waals surface area contributed by atoms with Crippen LogP contribution >= 0.6 is 27.5 Å². The number of carbonyl (C=O) groups excluding carboxylic acids is 8. The monoisotopic (exact) mass is 1260 g/mol. The fourth-order valence-electron chi connectivity index (χ4n) is 10.8. The molecule has 0 aliphatic carbocycles. The Hall–Kier alpha value is -5.94. The highest BCUT2D eigenvalue weighted by Gasteiger charge is 2.64. The van der Waals surface area contributed by atoms with E-state index in [4.69, 9.17) is 36.3 Å². The van der Waals surface area contributed by atoms with Gasteiger partial charge in [-0.3, -0.25) is 34.1 Å². The summed E-state index contributed by atoms with van der Waals surface area (Å²) in [6.45, 7) is 14.1. The highest BCUT2D eigenvalue weighted by molar-refractivity contribution is 9.09. The maximum atomic E-state index is 15.1. The summed E-state index contributed by atoms with van der Waals surface area (Å²) in [5.41, 5.74) is 2.93. The third-order valence-corrected chi connectivity index (χ3v) is 17.1. The number of hydrogen-bond acceptors (Lipinski definition) is 13. The number of carbonyl (C=O) groups is 8. The van der Waals surface area contributed by atoms with E-state index in [0.717, 1.165) is 23.6 Å². The molecular formula is C61H80BrClF3N5O13. The number of halogens is 5. The van der Waals surface area contributed by atoms with Gasteiger partial charge in [0.2, 0.25) is 11.8 Å². The number of epoxide rings is 1. The summed E-state index contributed by atoms with van der Waals surface area (Å²) < 4.78 is 68.8. The van der Waals surface area contributed by atoms with Crippen LogP contribution in [0.25, 0.3) is 0 Å². The minimum Gasteiger partial charge on any atom is -0.462 e. The largest absolute Gasteiger partial charge is 0.462 e. The molecule has 0 unspecified atom stereocenters. The molecule has 0 aromatic heterocycles. The molecule has 3 aliphatic heterocycles. The fourth-order valence-corrected chi connectivity index (χ4v) is 11.4. The first-order chi connectivity index (χ1) is 39.4. The normalized spacial score (nSPS) is 24.5. The number of rotatable bonds is 24. The molecule has 5 rings (SSSR count). The van der Waals surface area contributed by atoms with Crippen molar-refractivity contribution in [3.8, 4) is 0 Å². The van der Waals surface area contributed by atoms with Gasteiger partial charge < -0.3 is 45.3 Å². The molecule has 2 aromatic carbocycles. The van der Waals surface area contributed by atoms with Crippen molar-refractivity contribution < 1.29 is 75.6 Å². The van der Waals surface area contributed by atoms with Gasteiger partial charge in [0.05, 0.1) is 46.9 Å². The van der Waals surface area contributed by atoms with Gasteiger partial charge in [-0.2, -0.15) is 13.2 Å². The Kier molecular flexibility index (Phi) is 24.9. The van der Waals surface area contributed by atoms with Gasteiger partial charge in [-0.05, 0) is 99.3 Å². The second-order valence-electron chi connectivity index (χ2n) is 22.9. The van der Waals surface area contributed by atoms with Crippen molar-refractivity contribution in [2.75, 3.05) is 36.2 Å². The minimum absolute atomic E-state index is 0.0130. The van der Waals surface area contributed by atoms with Crippen LogP contribution in [0.5, 0.6) is 0 Å². The van der Waals surface area contributed by atoms with E-state index in [1.807, 2.05) is 19.1 Å². The predicted octanol–water partition coefficient (Wildman–Crippen LogP) is 10.1. The predicted molar refractivity (Wildman–Crippen MR) is 315 cm³/mol. The minimum atomic E-state index is -5.12. The molecule has 6 N–H and O–H groups in total. The molecule has 4 bridgehead atoms. The molecule has 2 aromatic rings. The zero-order valence-corrected chi connectivity index (χ0v) is 51.4. The van der Waals surface area contributed by atoms with Crippen LogP contribution in [-0.4, -0.2) is 120 Å². The third-order valence-electron chi connectivity index (χ3n) is 15.9. The molecule has 3 heterocycles. The number of ether oxygens (including phenoxy) is 4. The zero-order valence-electron chi connectivity index (χ0n) is 49.0. The number of benzene rings is 2. The van der Waals surface area contributed by atoms with Crippen LogP contribution in [0.2, 0.25) is 5.02 Å². The first kappa shape index (κ1) is 68.8. The summed E-state index contributed by atoms with van der Waals surface area (Å²) in [7, 11) is 2.89. The summed E-state index contributed by atoms with van der Waals surface area (Å²) in [5, 5.41) is 20.0. The van der Waals surface area contributed by atoms with Gasteiger partial charge in [0.1, 0.15) is 35.3 Å². The average Bonchev–Trinajstić information content (AvgIpc) is 1.72. The average molecular weight is 1260 g/mol. The number of fused-ring (bicyclic) bond motifs is 5. The standard InChI is InChI=1S/C61H80BrClF3N5O13/c1-34(2)42(29-41(72)17-12-10-11-13-19-47(73)37(5)33-62)56(77)69-45(18-15-23-68-57(67)78)48(74)28-39-21-22-44(43(26-39)61(64,65)66)70-58(79)83-51-30-52(75)71(8)46-27-40(25-36(4)54(46)63)24-35(3)16-14-20-50(81-9)60(80)31-49(82-53(76)32-60)38(6)55-59(51,7)84-55/h14,16,20-22,25-27,34,38,42,45,49-51,55,80H,5,10-13,15,17-19,23-24,28-33H2,1-4,6-9H3,(H,69,77)(H,70,79)(H3,67,68,78)/b20-14+,35-16+/t38-,42+,45+,49+,50-,51+,55+,59+,60-/m1/s1. The Morgan fingerprint density at radius 3 is 2.37 bits per heavy atom. The number of hydrogen-bond donors (Lipinski definition) is 5. The molecule has 0 spiro atoms.